The summed E-state index contributed by atoms with van der Waals surface area (Å²) in [4.78, 5) is 31.6. The lowest BCUT2D eigenvalue weighted by Crippen LogP contribution is -2.39. The van der Waals surface area contributed by atoms with Gasteiger partial charge in [0.2, 0.25) is 11.8 Å². The summed E-state index contributed by atoms with van der Waals surface area (Å²) in [5.74, 6) is 1.01. The summed E-state index contributed by atoms with van der Waals surface area (Å²) in [6.07, 6.45) is 6.94. The Hall–Kier alpha value is -3.08. The van der Waals surface area contributed by atoms with Crippen LogP contribution in [0.4, 0.5) is 0 Å². The second-order valence-corrected chi connectivity index (χ2v) is 9.17. The molecule has 4 rings (SSSR count). The van der Waals surface area contributed by atoms with Gasteiger partial charge in [0.25, 0.3) is 0 Å². The van der Waals surface area contributed by atoms with E-state index >= 15 is 0 Å². The summed E-state index contributed by atoms with van der Waals surface area (Å²) in [6, 6.07) is 16.8. The number of piperidine rings is 1. The van der Waals surface area contributed by atoms with E-state index in [1.807, 2.05) is 29.3 Å². The van der Waals surface area contributed by atoms with Crippen molar-refractivity contribution in [1.29, 1.82) is 0 Å². The molecule has 1 fully saturated rings. The molecule has 0 atom stereocenters. The molecule has 2 heterocycles. The van der Waals surface area contributed by atoms with Crippen LogP contribution in [-0.4, -0.2) is 53.8 Å². The normalized spacial score (nSPS) is 14.6. The van der Waals surface area contributed by atoms with Gasteiger partial charge in [-0.15, -0.1) is 0 Å². The number of carbonyl (C=O) groups excluding carboxylic acids is 2. The molecule has 3 aromatic rings. The van der Waals surface area contributed by atoms with Crippen molar-refractivity contribution < 1.29 is 9.59 Å². The van der Waals surface area contributed by atoms with Gasteiger partial charge < -0.3 is 14.8 Å². The predicted octanol–water partition coefficient (Wildman–Crippen LogP) is 4.21. The number of carbonyl (C=O) groups is 2. The minimum absolute atomic E-state index is 0.167. The third-order valence-electron chi connectivity index (χ3n) is 6.66. The molecule has 1 N–H and O–H groups in total. The lowest BCUT2D eigenvalue weighted by Gasteiger charge is -2.32. The zero-order valence-electron chi connectivity index (χ0n) is 19.1. The van der Waals surface area contributed by atoms with Crippen LogP contribution in [0.3, 0.4) is 0 Å². The highest BCUT2D eigenvalue weighted by Gasteiger charge is 2.23. The molecule has 0 bridgehead atoms. The summed E-state index contributed by atoms with van der Waals surface area (Å²) in [6.45, 7) is 1.69. The number of hydrogen-bond acceptors (Lipinski definition) is 2. The molecule has 0 saturated carbocycles. The van der Waals surface area contributed by atoms with Gasteiger partial charge in [-0.05, 0) is 54.4 Å². The maximum absolute atomic E-state index is 12.8. The maximum atomic E-state index is 12.8. The Morgan fingerprint density at radius 2 is 1.69 bits per heavy atom. The van der Waals surface area contributed by atoms with Gasteiger partial charge in [-0.25, -0.2) is 0 Å². The minimum atomic E-state index is 0.167. The zero-order chi connectivity index (χ0) is 22.5. The number of nitrogens with zero attached hydrogens (tertiary/aromatic N) is 2. The van der Waals surface area contributed by atoms with Crippen LogP contribution in [0, 0.1) is 5.92 Å². The van der Waals surface area contributed by atoms with Crippen molar-refractivity contribution in [3.8, 4) is 0 Å². The first-order valence-electron chi connectivity index (χ1n) is 11.6. The zero-order valence-corrected chi connectivity index (χ0v) is 19.1. The lowest BCUT2D eigenvalue weighted by atomic mass is 9.89. The van der Waals surface area contributed by atoms with Gasteiger partial charge in [0.1, 0.15) is 0 Å². The predicted molar refractivity (Wildman–Crippen MR) is 128 cm³/mol. The number of H-pyrrole nitrogens is 1. The Morgan fingerprint density at radius 3 is 2.41 bits per heavy atom. The van der Waals surface area contributed by atoms with Crippen molar-refractivity contribution in [2.45, 2.75) is 38.5 Å². The van der Waals surface area contributed by atoms with E-state index in [2.05, 4.69) is 35.3 Å². The average Bonchev–Trinajstić information content (AvgIpc) is 3.21. The number of para-hydroxylation sites is 1. The van der Waals surface area contributed by atoms with Crippen molar-refractivity contribution in [2.75, 3.05) is 27.2 Å². The van der Waals surface area contributed by atoms with Gasteiger partial charge in [0, 0.05) is 50.7 Å². The molecule has 1 aliphatic heterocycles. The van der Waals surface area contributed by atoms with E-state index < -0.39 is 0 Å². The fraction of sp³-hybridized carbons (Fsp3) is 0.407. The van der Waals surface area contributed by atoms with Crippen molar-refractivity contribution in [3.63, 3.8) is 0 Å². The van der Waals surface area contributed by atoms with Crippen LogP contribution in [0.25, 0.3) is 10.9 Å². The molecule has 5 heteroatoms. The molecule has 1 aliphatic rings. The number of aryl methyl sites for hydroxylation is 1. The van der Waals surface area contributed by atoms with Gasteiger partial charge >= 0.3 is 0 Å². The average molecular weight is 432 g/mol. The van der Waals surface area contributed by atoms with Crippen LogP contribution in [0.5, 0.6) is 0 Å². The molecule has 5 nitrogen and oxygen atoms in total. The monoisotopic (exact) mass is 431 g/mol. The molecule has 0 spiro atoms. The van der Waals surface area contributed by atoms with E-state index in [1.165, 1.54) is 11.1 Å². The Morgan fingerprint density at radius 1 is 1.00 bits per heavy atom. The van der Waals surface area contributed by atoms with Crippen molar-refractivity contribution >= 4 is 22.7 Å². The Kier molecular flexibility index (Phi) is 6.93. The van der Waals surface area contributed by atoms with E-state index in [0.29, 0.717) is 18.8 Å². The number of benzene rings is 2. The minimum Gasteiger partial charge on any atom is -0.361 e. The van der Waals surface area contributed by atoms with E-state index in [-0.39, 0.29) is 11.8 Å². The highest BCUT2D eigenvalue weighted by atomic mass is 16.2. The fourth-order valence-electron chi connectivity index (χ4n) is 4.59. The summed E-state index contributed by atoms with van der Waals surface area (Å²) in [5.41, 5.74) is 4.72. The fourth-order valence-corrected chi connectivity index (χ4v) is 4.59. The van der Waals surface area contributed by atoms with Gasteiger partial charge in [-0.3, -0.25) is 9.59 Å². The first kappa shape index (κ1) is 22.1. The van der Waals surface area contributed by atoms with Crippen molar-refractivity contribution in [2.24, 2.45) is 5.92 Å². The molecular formula is C27H33N3O2. The molecule has 0 unspecified atom stereocenters. The summed E-state index contributed by atoms with van der Waals surface area (Å²) in [5, 5.41) is 1.14. The molecule has 1 saturated heterocycles. The van der Waals surface area contributed by atoms with Crippen molar-refractivity contribution in [3.05, 3.63) is 71.4 Å². The number of likely N-dealkylation sites (tertiary alicyclic amines) is 1. The summed E-state index contributed by atoms with van der Waals surface area (Å²) >= 11 is 0. The SMILES string of the molecule is CN(C)C(=O)CCc1ccc(CC2CCN(C(=O)Cc3c[nH]c4ccccc34)CC2)cc1. The number of aromatic nitrogens is 1. The van der Waals surface area contributed by atoms with Crippen LogP contribution in [0.15, 0.2) is 54.7 Å². The number of amides is 2. The first-order chi connectivity index (χ1) is 15.5. The van der Waals surface area contributed by atoms with Crippen LogP contribution >= 0.6 is 0 Å². The second kappa shape index (κ2) is 10.0. The number of hydrogen-bond donors (Lipinski definition) is 1. The van der Waals surface area contributed by atoms with Crippen LogP contribution in [-0.2, 0) is 28.9 Å². The maximum Gasteiger partial charge on any atom is 0.227 e. The van der Waals surface area contributed by atoms with Crippen LogP contribution in [0.2, 0.25) is 0 Å². The number of rotatable bonds is 7. The van der Waals surface area contributed by atoms with E-state index in [9.17, 15) is 9.59 Å². The number of nitrogens with one attached hydrogen (secondary N) is 1. The quantitative estimate of drug-likeness (QED) is 0.609. The molecule has 1 aromatic heterocycles. The number of fused-ring (bicyclic) bond motifs is 1. The molecule has 32 heavy (non-hydrogen) atoms. The van der Waals surface area contributed by atoms with Crippen LogP contribution in [0.1, 0.15) is 36.0 Å². The second-order valence-electron chi connectivity index (χ2n) is 9.17. The van der Waals surface area contributed by atoms with Gasteiger partial charge in [0.05, 0.1) is 6.42 Å². The topological polar surface area (TPSA) is 56.4 Å². The first-order valence-corrected chi connectivity index (χ1v) is 11.6. The number of aromatic amines is 1. The van der Waals surface area contributed by atoms with Gasteiger partial charge in [-0.2, -0.15) is 0 Å². The Labute approximate surface area is 190 Å². The standard InChI is InChI=1S/C27H33N3O2/c1-29(2)26(31)12-11-20-7-9-21(10-8-20)17-22-13-15-30(16-14-22)27(32)18-23-19-28-25-6-4-3-5-24(23)25/h3-10,19,22,28H,11-18H2,1-2H3. The molecular weight excluding hydrogens is 398 g/mol. The molecule has 0 radical (unpaired) electrons. The smallest absolute Gasteiger partial charge is 0.227 e. The molecule has 2 aromatic carbocycles. The highest BCUT2D eigenvalue weighted by Crippen LogP contribution is 2.24. The highest BCUT2D eigenvalue weighted by molar-refractivity contribution is 5.88. The largest absolute Gasteiger partial charge is 0.361 e. The van der Waals surface area contributed by atoms with Crippen LogP contribution < -0.4 is 0 Å². The van der Waals surface area contributed by atoms with E-state index in [1.54, 1.807) is 19.0 Å². The van der Waals surface area contributed by atoms with E-state index in [4.69, 9.17) is 0 Å². The van der Waals surface area contributed by atoms with Gasteiger partial charge in [0.15, 0.2) is 0 Å². The summed E-state index contributed by atoms with van der Waals surface area (Å²) < 4.78 is 0. The van der Waals surface area contributed by atoms with Gasteiger partial charge in [-0.1, -0.05) is 42.5 Å². The van der Waals surface area contributed by atoms with E-state index in [0.717, 1.165) is 55.2 Å². The summed E-state index contributed by atoms with van der Waals surface area (Å²) in [7, 11) is 3.60. The molecule has 2 amide bonds. The molecule has 0 aliphatic carbocycles. The Balaban J connectivity index is 1.24. The van der Waals surface area contributed by atoms with Crippen molar-refractivity contribution in [1.82, 2.24) is 14.8 Å². The third-order valence-corrected chi connectivity index (χ3v) is 6.66. The molecule has 168 valence electrons. The lowest BCUT2D eigenvalue weighted by molar-refractivity contribution is -0.132. The Bertz CT molecular complexity index is 1060. The third kappa shape index (κ3) is 5.39.